The molecule has 1 aliphatic heterocycles. The highest BCUT2D eigenvalue weighted by Gasteiger charge is 2.20. The second kappa shape index (κ2) is 7.38. The number of allylic oxidation sites excluding steroid dienone is 3. The van der Waals surface area contributed by atoms with Crippen LogP contribution < -0.4 is 11.5 Å². The van der Waals surface area contributed by atoms with E-state index in [4.69, 9.17) is 16.6 Å². The maximum absolute atomic E-state index is 10.6. The van der Waals surface area contributed by atoms with Gasteiger partial charge in [0.2, 0.25) is 0 Å². The van der Waals surface area contributed by atoms with Crippen molar-refractivity contribution in [2.45, 2.75) is 46.5 Å². The lowest BCUT2D eigenvalue weighted by atomic mass is 9.91. The van der Waals surface area contributed by atoms with E-state index in [9.17, 15) is 4.79 Å². The number of nitrogens with two attached hydrogens (primary N) is 2. The predicted molar refractivity (Wildman–Crippen MR) is 85.2 cm³/mol. The number of likely N-dealkylation sites (tertiary alicyclic amines) is 1. The van der Waals surface area contributed by atoms with Crippen molar-refractivity contribution >= 4 is 5.97 Å². The van der Waals surface area contributed by atoms with Gasteiger partial charge in [-0.2, -0.15) is 0 Å². The van der Waals surface area contributed by atoms with Crippen LogP contribution in [0.25, 0.3) is 0 Å². The summed E-state index contributed by atoms with van der Waals surface area (Å²) >= 11 is 0. The first-order valence-corrected chi connectivity index (χ1v) is 7.60. The first kappa shape index (κ1) is 17.4. The Morgan fingerprint density at radius 1 is 1.24 bits per heavy atom. The van der Waals surface area contributed by atoms with Crippen LogP contribution in [0.5, 0.6) is 0 Å². The normalized spacial score (nSPS) is 18.9. The van der Waals surface area contributed by atoms with E-state index in [-0.39, 0.29) is 11.8 Å². The molecule has 1 aliphatic rings. The average molecular weight is 295 g/mol. The Kier molecular flexibility index (Phi) is 6.12. The van der Waals surface area contributed by atoms with E-state index in [0.717, 1.165) is 43.9 Å². The van der Waals surface area contributed by atoms with Gasteiger partial charge in [-0.3, -0.25) is 4.79 Å². The van der Waals surface area contributed by atoms with Gasteiger partial charge in [0.15, 0.2) is 0 Å². The van der Waals surface area contributed by atoms with Crippen molar-refractivity contribution < 1.29 is 9.90 Å². The van der Waals surface area contributed by atoms with E-state index < -0.39 is 5.97 Å². The monoisotopic (exact) mass is 295 g/mol. The van der Waals surface area contributed by atoms with Crippen molar-refractivity contribution in [3.8, 4) is 0 Å². The minimum Gasteiger partial charge on any atom is -0.481 e. The number of piperidine rings is 1. The van der Waals surface area contributed by atoms with Gasteiger partial charge in [0.1, 0.15) is 0 Å². The minimum atomic E-state index is -0.709. The number of nitrogens with zero attached hydrogens (tertiary/aromatic N) is 1. The Morgan fingerprint density at radius 2 is 1.81 bits per heavy atom. The standard InChI is InChI=1S/C16H29N3O2/c1-16(2,3)13(17)5-6-14(18)19-10-8-12(9-11-19)4-7-15(20)21/h5-6,12H,4,7-11,17-18H2,1-3H3,(H,20,21)/b13-5-,14-6+. The average Bonchev–Trinajstić information content (AvgIpc) is 2.41. The molecule has 0 bridgehead atoms. The fraction of sp³-hybridized carbons (Fsp3) is 0.688. The minimum absolute atomic E-state index is 0.0550. The van der Waals surface area contributed by atoms with E-state index >= 15 is 0 Å². The largest absolute Gasteiger partial charge is 0.481 e. The van der Waals surface area contributed by atoms with Crippen LogP contribution in [0.4, 0.5) is 0 Å². The van der Waals surface area contributed by atoms with Gasteiger partial charge >= 0.3 is 5.97 Å². The van der Waals surface area contributed by atoms with E-state index in [2.05, 4.69) is 25.7 Å². The van der Waals surface area contributed by atoms with Crippen LogP contribution in [0.15, 0.2) is 23.7 Å². The van der Waals surface area contributed by atoms with Gasteiger partial charge in [0.25, 0.3) is 0 Å². The smallest absolute Gasteiger partial charge is 0.303 e. The summed E-state index contributed by atoms with van der Waals surface area (Å²) in [6.07, 6.45) is 6.79. The van der Waals surface area contributed by atoms with Crippen LogP contribution >= 0.6 is 0 Å². The lowest BCUT2D eigenvalue weighted by Gasteiger charge is -2.33. The van der Waals surface area contributed by atoms with Gasteiger partial charge in [-0.1, -0.05) is 20.8 Å². The summed E-state index contributed by atoms with van der Waals surface area (Å²) in [5.74, 6) is 0.527. The van der Waals surface area contributed by atoms with Crippen molar-refractivity contribution in [3.63, 3.8) is 0 Å². The third-order valence-electron chi connectivity index (χ3n) is 4.05. The molecule has 0 saturated carbocycles. The Morgan fingerprint density at radius 3 is 2.29 bits per heavy atom. The Labute approximate surface area is 127 Å². The molecular formula is C16H29N3O2. The van der Waals surface area contributed by atoms with E-state index in [0.29, 0.717) is 5.92 Å². The van der Waals surface area contributed by atoms with Crippen molar-refractivity contribution in [2.24, 2.45) is 22.8 Å². The third-order valence-corrected chi connectivity index (χ3v) is 4.05. The van der Waals surface area contributed by atoms with Gasteiger partial charge in [-0.15, -0.1) is 0 Å². The molecule has 5 N–H and O–H groups in total. The molecule has 0 aromatic carbocycles. The van der Waals surface area contributed by atoms with Crippen molar-refractivity contribution in [1.82, 2.24) is 4.90 Å². The predicted octanol–water partition coefficient (Wildman–Crippen LogP) is 2.25. The van der Waals surface area contributed by atoms with Crippen LogP contribution in [-0.4, -0.2) is 29.1 Å². The molecule has 1 rings (SSSR count). The summed E-state index contributed by atoms with van der Waals surface area (Å²) in [4.78, 5) is 12.7. The van der Waals surface area contributed by atoms with Crippen LogP contribution in [0.2, 0.25) is 0 Å². The van der Waals surface area contributed by atoms with Crippen LogP contribution in [0.1, 0.15) is 46.5 Å². The number of hydrogen-bond acceptors (Lipinski definition) is 4. The van der Waals surface area contributed by atoms with Crippen LogP contribution in [0.3, 0.4) is 0 Å². The fourth-order valence-electron chi connectivity index (χ4n) is 2.34. The van der Waals surface area contributed by atoms with Crippen LogP contribution in [-0.2, 0) is 4.79 Å². The topological polar surface area (TPSA) is 92.6 Å². The molecule has 0 atom stereocenters. The number of hydrogen-bond donors (Lipinski definition) is 3. The number of carboxylic acid groups (broad SMARTS) is 1. The fourth-order valence-corrected chi connectivity index (χ4v) is 2.34. The van der Waals surface area contributed by atoms with E-state index in [1.807, 2.05) is 12.2 Å². The number of rotatable bonds is 5. The van der Waals surface area contributed by atoms with Crippen molar-refractivity contribution in [1.29, 1.82) is 0 Å². The summed E-state index contributed by atoms with van der Waals surface area (Å²) in [6.45, 7) is 7.97. The molecule has 0 aliphatic carbocycles. The summed E-state index contributed by atoms with van der Waals surface area (Å²) < 4.78 is 0. The first-order chi connectivity index (χ1) is 9.70. The highest BCUT2D eigenvalue weighted by Crippen LogP contribution is 2.24. The zero-order valence-corrected chi connectivity index (χ0v) is 13.4. The van der Waals surface area contributed by atoms with Gasteiger partial charge in [0, 0.05) is 30.6 Å². The molecule has 1 heterocycles. The molecule has 0 radical (unpaired) electrons. The maximum atomic E-state index is 10.6. The molecule has 0 amide bonds. The molecule has 1 saturated heterocycles. The maximum Gasteiger partial charge on any atom is 0.303 e. The molecule has 21 heavy (non-hydrogen) atoms. The molecule has 5 nitrogen and oxygen atoms in total. The van der Waals surface area contributed by atoms with Gasteiger partial charge in [0.05, 0.1) is 5.82 Å². The second-order valence-corrected chi connectivity index (χ2v) is 6.83. The van der Waals surface area contributed by atoms with Crippen molar-refractivity contribution in [2.75, 3.05) is 13.1 Å². The molecule has 1 fully saturated rings. The molecular weight excluding hydrogens is 266 g/mol. The molecule has 0 spiro atoms. The summed E-state index contributed by atoms with van der Waals surface area (Å²) in [6, 6.07) is 0. The molecule has 0 unspecified atom stereocenters. The summed E-state index contributed by atoms with van der Waals surface area (Å²) in [5, 5.41) is 8.71. The van der Waals surface area contributed by atoms with E-state index in [1.54, 1.807) is 0 Å². The molecule has 0 aromatic heterocycles. The lowest BCUT2D eigenvalue weighted by Crippen LogP contribution is -2.36. The Hall–Kier alpha value is -1.65. The highest BCUT2D eigenvalue weighted by molar-refractivity contribution is 5.66. The first-order valence-electron chi connectivity index (χ1n) is 7.60. The molecule has 5 heteroatoms. The lowest BCUT2D eigenvalue weighted by molar-refractivity contribution is -0.137. The summed E-state index contributed by atoms with van der Waals surface area (Å²) in [5.41, 5.74) is 12.9. The van der Waals surface area contributed by atoms with Gasteiger partial charge in [-0.05, 0) is 37.3 Å². The van der Waals surface area contributed by atoms with Gasteiger partial charge in [-0.25, -0.2) is 0 Å². The number of aliphatic carboxylic acids is 1. The third kappa shape index (κ3) is 6.10. The molecule has 0 aromatic rings. The van der Waals surface area contributed by atoms with E-state index in [1.165, 1.54) is 0 Å². The molecule has 120 valence electrons. The zero-order valence-electron chi connectivity index (χ0n) is 13.4. The Bertz CT molecular complexity index is 414. The quantitative estimate of drug-likeness (QED) is 0.676. The SMILES string of the molecule is CC(C)(C)/C(N)=C/C=C(\N)N1CCC(CCC(=O)O)CC1. The van der Waals surface area contributed by atoms with Crippen molar-refractivity contribution in [3.05, 3.63) is 23.7 Å². The second-order valence-electron chi connectivity index (χ2n) is 6.83. The van der Waals surface area contributed by atoms with Gasteiger partial charge < -0.3 is 21.5 Å². The number of carbonyl (C=O) groups is 1. The van der Waals surface area contributed by atoms with Crippen LogP contribution in [0, 0.1) is 11.3 Å². The number of carboxylic acids is 1. The zero-order chi connectivity index (χ0) is 16.0. The summed E-state index contributed by atoms with van der Waals surface area (Å²) in [7, 11) is 0. The highest BCUT2D eigenvalue weighted by atomic mass is 16.4. The Balaban J connectivity index is 2.48.